The topological polar surface area (TPSA) is 101 Å². The molecule has 2 heterocycles. The lowest BCUT2D eigenvalue weighted by atomic mass is 9.98. The van der Waals surface area contributed by atoms with Gasteiger partial charge in [0.05, 0.1) is 29.3 Å². The number of carbonyl (C=O) groups excluding carboxylic acids is 1. The zero-order valence-corrected chi connectivity index (χ0v) is 22.9. The van der Waals surface area contributed by atoms with Crippen LogP contribution in [0.2, 0.25) is 0 Å². The third kappa shape index (κ3) is 6.63. The van der Waals surface area contributed by atoms with Gasteiger partial charge in [-0.1, -0.05) is 50.2 Å². The van der Waals surface area contributed by atoms with Crippen molar-refractivity contribution in [2.45, 2.75) is 44.4 Å². The fourth-order valence-electron chi connectivity index (χ4n) is 4.14. The van der Waals surface area contributed by atoms with Crippen LogP contribution in [0.3, 0.4) is 0 Å². The van der Waals surface area contributed by atoms with Gasteiger partial charge in [0.1, 0.15) is 0 Å². The van der Waals surface area contributed by atoms with E-state index in [4.69, 9.17) is 4.74 Å². The second kappa shape index (κ2) is 12.0. The summed E-state index contributed by atoms with van der Waals surface area (Å²) in [6, 6.07) is 15.0. The van der Waals surface area contributed by atoms with Crippen molar-refractivity contribution in [1.82, 2.24) is 9.29 Å². The summed E-state index contributed by atoms with van der Waals surface area (Å²) in [6.07, 6.45) is 2.66. The minimum absolute atomic E-state index is 0.213. The predicted molar refractivity (Wildman–Crippen MR) is 147 cm³/mol. The number of nitrogens with zero attached hydrogens (tertiary/aromatic N) is 3. The Kier molecular flexibility index (Phi) is 8.73. The number of aromatic nitrogens is 1. The van der Waals surface area contributed by atoms with E-state index in [2.05, 4.69) is 41.5 Å². The molecule has 3 aromatic rings. The van der Waals surface area contributed by atoms with Gasteiger partial charge >= 0.3 is 5.97 Å². The van der Waals surface area contributed by atoms with Crippen molar-refractivity contribution >= 4 is 38.7 Å². The number of hydrogen-bond acceptors (Lipinski definition) is 8. The van der Waals surface area contributed by atoms with Crippen molar-refractivity contribution in [3.05, 3.63) is 65.0 Å². The summed E-state index contributed by atoms with van der Waals surface area (Å²) >= 11 is 1.39. The van der Waals surface area contributed by atoms with Gasteiger partial charge in [0.15, 0.2) is 0 Å². The highest BCUT2D eigenvalue weighted by molar-refractivity contribution is 7.89. The first kappa shape index (κ1) is 27.0. The minimum Gasteiger partial charge on any atom is -0.466 e. The van der Waals surface area contributed by atoms with Gasteiger partial charge in [-0.2, -0.15) is 9.41 Å². The van der Waals surface area contributed by atoms with Crippen LogP contribution in [-0.2, 0) is 19.6 Å². The van der Waals surface area contributed by atoms with E-state index >= 15 is 0 Å². The SMILES string of the molecule is CCOC(=O)C1CCN(S(=O)(=O)c2cccc(-c3csc(NN=Cc4ccc(C(C)C)cc4)n3)c2)CC1. The molecule has 0 radical (unpaired) electrons. The zero-order chi connectivity index (χ0) is 26.4. The van der Waals surface area contributed by atoms with Crippen LogP contribution >= 0.6 is 11.3 Å². The number of sulfonamides is 1. The summed E-state index contributed by atoms with van der Waals surface area (Å²) in [5, 5.41) is 6.76. The average Bonchev–Trinajstić information content (AvgIpc) is 3.38. The Labute approximate surface area is 222 Å². The fourth-order valence-corrected chi connectivity index (χ4v) is 6.33. The summed E-state index contributed by atoms with van der Waals surface area (Å²) < 4.78 is 33.1. The maximum atomic E-state index is 13.3. The van der Waals surface area contributed by atoms with Gasteiger partial charge in [0, 0.05) is 24.0 Å². The molecule has 37 heavy (non-hydrogen) atoms. The Morgan fingerprint density at radius 1 is 1.22 bits per heavy atom. The summed E-state index contributed by atoms with van der Waals surface area (Å²) in [4.78, 5) is 16.8. The zero-order valence-electron chi connectivity index (χ0n) is 21.3. The van der Waals surface area contributed by atoms with Crippen molar-refractivity contribution in [1.29, 1.82) is 0 Å². The van der Waals surface area contributed by atoms with E-state index in [1.165, 1.54) is 21.2 Å². The van der Waals surface area contributed by atoms with Crippen LogP contribution in [0.25, 0.3) is 11.3 Å². The van der Waals surface area contributed by atoms with Crippen LogP contribution in [0, 0.1) is 5.92 Å². The number of nitrogens with one attached hydrogen (secondary N) is 1. The first-order valence-electron chi connectivity index (χ1n) is 12.4. The van der Waals surface area contributed by atoms with Crippen molar-refractivity contribution < 1.29 is 17.9 Å². The predicted octanol–water partition coefficient (Wildman–Crippen LogP) is 5.34. The highest BCUT2D eigenvalue weighted by Crippen LogP contribution is 2.29. The Bertz CT molecular complexity index is 1340. The van der Waals surface area contributed by atoms with E-state index < -0.39 is 10.0 Å². The number of carbonyl (C=O) groups is 1. The number of ether oxygens (including phenoxy) is 1. The Balaban J connectivity index is 1.40. The van der Waals surface area contributed by atoms with Gasteiger partial charge < -0.3 is 4.74 Å². The molecule has 8 nitrogen and oxygen atoms in total. The van der Waals surface area contributed by atoms with E-state index in [1.54, 1.807) is 31.3 Å². The van der Waals surface area contributed by atoms with Gasteiger partial charge in [-0.3, -0.25) is 10.2 Å². The quantitative estimate of drug-likeness (QED) is 0.223. The maximum absolute atomic E-state index is 13.3. The molecule has 4 rings (SSSR count). The first-order chi connectivity index (χ1) is 17.8. The molecule has 1 N–H and O–H groups in total. The van der Waals surface area contributed by atoms with Crippen molar-refractivity contribution in [2.75, 3.05) is 25.1 Å². The van der Waals surface area contributed by atoms with Gasteiger partial charge in [-0.25, -0.2) is 13.4 Å². The Morgan fingerprint density at radius 2 is 1.95 bits per heavy atom. The van der Waals surface area contributed by atoms with E-state index in [9.17, 15) is 13.2 Å². The largest absolute Gasteiger partial charge is 0.466 e. The highest BCUT2D eigenvalue weighted by atomic mass is 32.2. The standard InChI is InChI=1S/C27H32N4O4S2/c1-4-35-26(32)22-12-14-31(15-13-22)37(33,34)24-7-5-6-23(16-24)25-18-36-27(29-25)30-28-17-20-8-10-21(11-9-20)19(2)3/h5-11,16-19,22H,4,12-15H2,1-3H3,(H,29,30). The number of piperidine rings is 1. The van der Waals surface area contributed by atoms with Crippen LogP contribution < -0.4 is 5.43 Å². The van der Waals surface area contributed by atoms with Crippen LogP contribution in [0.4, 0.5) is 5.13 Å². The number of thiazole rings is 1. The summed E-state index contributed by atoms with van der Waals surface area (Å²) in [5.41, 5.74) is 6.59. The van der Waals surface area contributed by atoms with Crippen molar-refractivity contribution in [2.24, 2.45) is 11.0 Å². The lowest BCUT2D eigenvalue weighted by Crippen LogP contribution is -2.40. The Hall–Kier alpha value is -3.08. The van der Waals surface area contributed by atoms with Crippen LogP contribution in [0.5, 0.6) is 0 Å². The van der Waals surface area contributed by atoms with E-state index in [0.29, 0.717) is 54.8 Å². The molecule has 1 saturated heterocycles. The smallest absolute Gasteiger partial charge is 0.309 e. The van der Waals surface area contributed by atoms with Gasteiger partial charge in [0.2, 0.25) is 15.2 Å². The monoisotopic (exact) mass is 540 g/mol. The maximum Gasteiger partial charge on any atom is 0.309 e. The van der Waals surface area contributed by atoms with Gasteiger partial charge in [-0.15, -0.1) is 11.3 Å². The highest BCUT2D eigenvalue weighted by Gasteiger charge is 2.32. The van der Waals surface area contributed by atoms with Gasteiger partial charge in [-0.05, 0) is 48.9 Å². The van der Waals surface area contributed by atoms with E-state index in [1.807, 2.05) is 23.6 Å². The fraction of sp³-hybridized carbons (Fsp3) is 0.370. The molecule has 0 amide bonds. The molecule has 1 aromatic heterocycles. The van der Waals surface area contributed by atoms with Crippen LogP contribution in [0.1, 0.15) is 50.7 Å². The molecule has 0 unspecified atom stereocenters. The third-order valence-electron chi connectivity index (χ3n) is 6.32. The molecule has 0 spiro atoms. The second-order valence-electron chi connectivity index (χ2n) is 9.19. The van der Waals surface area contributed by atoms with Crippen molar-refractivity contribution in [3.63, 3.8) is 0 Å². The van der Waals surface area contributed by atoms with Gasteiger partial charge in [0.25, 0.3) is 0 Å². The number of hydrogen-bond donors (Lipinski definition) is 1. The molecule has 0 atom stereocenters. The second-order valence-corrected chi connectivity index (χ2v) is 12.0. The molecule has 0 aliphatic carbocycles. The number of esters is 1. The molecule has 2 aromatic carbocycles. The normalized spacial score (nSPS) is 15.4. The average molecular weight is 541 g/mol. The molecule has 10 heteroatoms. The van der Waals surface area contributed by atoms with E-state index in [-0.39, 0.29) is 16.8 Å². The number of rotatable bonds is 9. The third-order valence-corrected chi connectivity index (χ3v) is 8.96. The number of hydrazone groups is 1. The molecule has 0 bridgehead atoms. The lowest BCUT2D eigenvalue weighted by molar-refractivity contribution is -0.149. The minimum atomic E-state index is -3.68. The molecule has 196 valence electrons. The summed E-state index contributed by atoms with van der Waals surface area (Å²) in [6.45, 7) is 7.00. The molecule has 1 aliphatic rings. The summed E-state index contributed by atoms with van der Waals surface area (Å²) in [5.74, 6) is -0.0153. The van der Waals surface area contributed by atoms with E-state index in [0.717, 1.165) is 5.56 Å². The molecule has 1 fully saturated rings. The Morgan fingerprint density at radius 3 is 2.62 bits per heavy atom. The first-order valence-corrected chi connectivity index (χ1v) is 14.7. The lowest BCUT2D eigenvalue weighted by Gasteiger charge is -2.30. The van der Waals surface area contributed by atoms with Crippen LogP contribution in [0.15, 0.2) is 63.9 Å². The molecule has 1 aliphatic heterocycles. The molecular weight excluding hydrogens is 508 g/mol. The summed E-state index contributed by atoms with van der Waals surface area (Å²) in [7, 11) is -3.68. The number of anilines is 1. The van der Waals surface area contributed by atoms with Crippen LogP contribution in [-0.4, -0.2) is 49.6 Å². The van der Waals surface area contributed by atoms with Crippen molar-refractivity contribution in [3.8, 4) is 11.3 Å². The molecule has 0 saturated carbocycles. The number of benzene rings is 2. The molecular formula is C27H32N4O4S2.